The van der Waals surface area contributed by atoms with Crippen molar-refractivity contribution < 1.29 is 9.59 Å². The lowest BCUT2D eigenvalue weighted by atomic mass is 9.79. The van der Waals surface area contributed by atoms with Crippen LogP contribution in [0.3, 0.4) is 0 Å². The van der Waals surface area contributed by atoms with Crippen molar-refractivity contribution in [3.05, 3.63) is 35.9 Å². The zero-order valence-corrected chi connectivity index (χ0v) is 12.4. The fourth-order valence-electron chi connectivity index (χ4n) is 2.48. The van der Waals surface area contributed by atoms with E-state index in [1.807, 2.05) is 30.3 Å². The van der Waals surface area contributed by atoms with Crippen molar-refractivity contribution >= 4 is 11.9 Å². The average molecular weight is 289 g/mol. The average Bonchev–Trinajstić information content (AvgIpc) is 2.48. The van der Waals surface area contributed by atoms with Gasteiger partial charge in [-0.2, -0.15) is 0 Å². The Morgan fingerprint density at radius 2 is 1.95 bits per heavy atom. The van der Waals surface area contributed by atoms with E-state index in [0.29, 0.717) is 5.92 Å². The molecule has 0 saturated heterocycles. The number of carbonyl (C=O) groups excluding carboxylic acids is 2. The molecule has 1 aromatic carbocycles. The molecule has 1 aliphatic rings. The van der Waals surface area contributed by atoms with Gasteiger partial charge in [0, 0.05) is 7.05 Å². The van der Waals surface area contributed by atoms with Crippen molar-refractivity contribution in [1.29, 1.82) is 0 Å². The number of hydrogen-bond donors (Lipinski definition) is 3. The number of hydrogen-bond acceptors (Lipinski definition) is 2. The van der Waals surface area contributed by atoms with E-state index >= 15 is 0 Å². The van der Waals surface area contributed by atoms with Gasteiger partial charge in [-0.25, -0.2) is 4.79 Å². The fraction of sp³-hybridized carbons (Fsp3) is 0.500. The van der Waals surface area contributed by atoms with Crippen LogP contribution >= 0.6 is 0 Å². The van der Waals surface area contributed by atoms with Crippen molar-refractivity contribution in [2.45, 2.75) is 31.7 Å². The summed E-state index contributed by atoms with van der Waals surface area (Å²) in [5.41, 5.74) is 1.11. The third-order valence-corrected chi connectivity index (χ3v) is 3.99. The van der Waals surface area contributed by atoms with Crippen LogP contribution in [-0.4, -0.2) is 25.5 Å². The zero-order valence-electron chi connectivity index (χ0n) is 12.4. The summed E-state index contributed by atoms with van der Waals surface area (Å²) in [6, 6.07) is 9.69. The highest BCUT2D eigenvalue weighted by Crippen LogP contribution is 2.34. The van der Waals surface area contributed by atoms with E-state index in [9.17, 15) is 9.59 Å². The molecule has 0 radical (unpaired) electrons. The normalized spacial score (nSPS) is 15.7. The van der Waals surface area contributed by atoms with Gasteiger partial charge in [0.2, 0.25) is 5.91 Å². The number of carbonyl (C=O) groups is 2. The quantitative estimate of drug-likeness (QED) is 0.749. The van der Waals surface area contributed by atoms with E-state index in [0.717, 1.165) is 12.0 Å². The van der Waals surface area contributed by atoms with Crippen molar-refractivity contribution in [2.75, 3.05) is 13.6 Å². The van der Waals surface area contributed by atoms with Gasteiger partial charge in [0.15, 0.2) is 0 Å². The Labute approximate surface area is 125 Å². The first-order valence-electron chi connectivity index (χ1n) is 7.49. The largest absolute Gasteiger partial charge is 0.358 e. The highest BCUT2D eigenvalue weighted by atomic mass is 16.2. The minimum absolute atomic E-state index is 0.00110. The molecule has 0 aromatic heterocycles. The second-order valence-corrected chi connectivity index (χ2v) is 5.50. The topological polar surface area (TPSA) is 70.2 Å². The first-order valence-corrected chi connectivity index (χ1v) is 7.49. The predicted molar refractivity (Wildman–Crippen MR) is 81.7 cm³/mol. The number of rotatable bonds is 6. The van der Waals surface area contributed by atoms with Crippen LogP contribution in [-0.2, 0) is 4.79 Å². The minimum atomic E-state index is -0.299. The van der Waals surface area contributed by atoms with Crippen LogP contribution in [0.4, 0.5) is 4.79 Å². The summed E-state index contributed by atoms with van der Waals surface area (Å²) in [6.45, 7) is -0.00668. The summed E-state index contributed by atoms with van der Waals surface area (Å²) < 4.78 is 0. The first kappa shape index (κ1) is 15.4. The van der Waals surface area contributed by atoms with Gasteiger partial charge >= 0.3 is 6.03 Å². The lowest BCUT2D eigenvalue weighted by Crippen LogP contribution is -2.43. The minimum Gasteiger partial charge on any atom is -0.358 e. The standard InChI is InChI=1S/C16H23N3O2/c1-17-15(20)11-18-16(21)19-14(10-12-6-5-7-12)13-8-3-2-4-9-13/h2-4,8-9,12,14H,5-7,10-11H2,1H3,(H,17,20)(H2,18,19,21)/t14-/m0/s1. The van der Waals surface area contributed by atoms with Crippen molar-refractivity contribution in [1.82, 2.24) is 16.0 Å². The summed E-state index contributed by atoms with van der Waals surface area (Å²) >= 11 is 0. The molecule has 1 aliphatic carbocycles. The van der Waals surface area contributed by atoms with Gasteiger partial charge < -0.3 is 16.0 Å². The molecular formula is C16H23N3O2. The van der Waals surface area contributed by atoms with Crippen LogP contribution in [0.2, 0.25) is 0 Å². The second-order valence-electron chi connectivity index (χ2n) is 5.50. The Kier molecular flexibility index (Phi) is 5.60. The second kappa shape index (κ2) is 7.67. The lowest BCUT2D eigenvalue weighted by molar-refractivity contribution is -0.119. The third kappa shape index (κ3) is 4.77. The summed E-state index contributed by atoms with van der Waals surface area (Å²) in [5, 5.41) is 8.04. The van der Waals surface area contributed by atoms with Crippen molar-refractivity contribution in [2.24, 2.45) is 5.92 Å². The third-order valence-electron chi connectivity index (χ3n) is 3.99. The molecule has 1 aromatic rings. The zero-order chi connectivity index (χ0) is 15.1. The van der Waals surface area contributed by atoms with Crippen LogP contribution in [0.1, 0.15) is 37.3 Å². The van der Waals surface area contributed by atoms with Crippen LogP contribution < -0.4 is 16.0 Å². The Hall–Kier alpha value is -2.04. The molecule has 0 spiro atoms. The highest BCUT2D eigenvalue weighted by Gasteiger charge is 2.24. The molecule has 5 nitrogen and oxygen atoms in total. The van der Waals surface area contributed by atoms with Crippen LogP contribution in [0.25, 0.3) is 0 Å². The molecule has 1 saturated carbocycles. The molecule has 2 rings (SSSR count). The maximum atomic E-state index is 11.9. The molecule has 114 valence electrons. The summed E-state index contributed by atoms with van der Waals surface area (Å²) in [7, 11) is 1.55. The molecule has 5 heteroatoms. The number of benzene rings is 1. The van der Waals surface area contributed by atoms with E-state index < -0.39 is 0 Å². The first-order chi connectivity index (χ1) is 10.2. The Morgan fingerprint density at radius 3 is 2.52 bits per heavy atom. The van der Waals surface area contributed by atoms with Crippen LogP contribution in [0.15, 0.2) is 30.3 Å². The maximum absolute atomic E-state index is 11.9. The summed E-state index contributed by atoms with van der Waals surface area (Å²) in [5.74, 6) is 0.481. The van der Waals surface area contributed by atoms with E-state index in [1.54, 1.807) is 7.05 Å². The lowest BCUT2D eigenvalue weighted by Gasteiger charge is -2.30. The van der Waals surface area contributed by atoms with Gasteiger partial charge in [-0.3, -0.25) is 4.79 Å². The van der Waals surface area contributed by atoms with Crippen molar-refractivity contribution in [3.63, 3.8) is 0 Å². The SMILES string of the molecule is CNC(=O)CNC(=O)N[C@@H](CC1CCC1)c1ccccc1. The molecule has 0 unspecified atom stereocenters. The monoisotopic (exact) mass is 289 g/mol. The number of likely N-dealkylation sites (N-methyl/N-ethyl adjacent to an activating group) is 1. The molecule has 3 N–H and O–H groups in total. The molecule has 3 amide bonds. The Bertz CT molecular complexity index is 472. The fourth-order valence-corrected chi connectivity index (χ4v) is 2.48. The van der Waals surface area contributed by atoms with Gasteiger partial charge in [0.1, 0.15) is 0 Å². The smallest absolute Gasteiger partial charge is 0.315 e. The highest BCUT2D eigenvalue weighted by molar-refractivity contribution is 5.83. The van der Waals surface area contributed by atoms with Crippen LogP contribution in [0, 0.1) is 5.92 Å². The van der Waals surface area contributed by atoms with Gasteiger partial charge in [0.05, 0.1) is 12.6 Å². The molecule has 21 heavy (non-hydrogen) atoms. The van der Waals surface area contributed by atoms with Gasteiger partial charge in [0.25, 0.3) is 0 Å². The summed E-state index contributed by atoms with van der Waals surface area (Å²) in [4.78, 5) is 23.1. The van der Waals surface area contributed by atoms with E-state index in [1.165, 1.54) is 19.3 Å². The van der Waals surface area contributed by atoms with Crippen molar-refractivity contribution in [3.8, 4) is 0 Å². The Balaban J connectivity index is 1.92. The van der Waals surface area contributed by atoms with E-state index in [4.69, 9.17) is 0 Å². The van der Waals surface area contributed by atoms with E-state index in [-0.39, 0.29) is 24.5 Å². The maximum Gasteiger partial charge on any atom is 0.315 e. The summed E-state index contributed by atoms with van der Waals surface area (Å²) in [6.07, 6.45) is 4.72. The molecule has 0 heterocycles. The van der Waals surface area contributed by atoms with E-state index in [2.05, 4.69) is 16.0 Å². The van der Waals surface area contributed by atoms with Gasteiger partial charge in [-0.05, 0) is 17.9 Å². The van der Waals surface area contributed by atoms with Gasteiger partial charge in [-0.1, -0.05) is 49.6 Å². The number of amides is 3. The van der Waals surface area contributed by atoms with Gasteiger partial charge in [-0.15, -0.1) is 0 Å². The van der Waals surface area contributed by atoms with Crippen LogP contribution in [0.5, 0.6) is 0 Å². The molecule has 1 fully saturated rings. The Morgan fingerprint density at radius 1 is 1.24 bits per heavy atom. The molecule has 1 atom stereocenters. The molecular weight excluding hydrogens is 266 g/mol. The molecule has 0 bridgehead atoms. The number of urea groups is 1. The predicted octanol–water partition coefficient (Wildman–Crippen LogP) is 1.96. The molecule has 0 aliphatic heterocycles. The number of nitrogens with one attached hydrogen (secondary N) is 3.